The van der Waals surface area contributed by atoms with E-state index in [0.717, 1.165) is 28.1 Å². The number of carbonyl (C=O) groups is 1. The fraction of sp³-hybridized carbons (Fsp3) is 0.273. The van der Waals surface area contributed by atoms with Gasteiger partial charge in [-0.15, -0.1) is 0 Å². The number of anilines is 1. The van der Waals surface area contributed by atoms with Gasteiger partial charge in [0.1, 0.15) is 0 Å². The third-order valence-electron chi connectivity index (χ3n) is 7.09. The number of halogens is 2. The van der Waals surface area contributed by atoms with Crippen LogP contribution in [0.3, 0.4) is 0 Å². The molecule has 0 fully saturated rings. The zero-order valence-corrected chi connectivity index (χ0v) is 26.7. The third-order valence-corrected chi connectivity index (χ3v) is 8.31. The van der Waals surface area contributed by atoms with E-state index in [0.29, 0.717) is 40.4 Å². The van der Waals surface area contributed by atoms with Crippen molar-refractivity contribution >= 4 is 52.1 Å². The summed E-state index contributed by atoms with van der Waals surface area (Å²) >= 11 is 18.8. The number of rotatable bonds is 11. The summed E-state index contributed by atoms with van der Waals surface area (Å²) in [6, 6.07) is 22.8. The zero-order chi connectivity index (χ0) is 30.9. The van der Waals surface area contributed by atoms with Crippen LogP contribution in [-0.2, 0) is 24.3 Å². The molecule has 0 saturated heterocycles. The number of hydrogen-bond acceptors (Lipinski definition) is 4. The van der Waals surface area contributed by atoms with E-state index in [1.807, 2.05) is 64.9 Å². The van der Waals surface area contributed by atoms with Gasteiger partial charge >= 0.3 is 0 Å². The summed E-state index contributed by atoms with van der Waals surface area (Å²) in [7, 11) is 0. The molecule has 7 nitrogen and oxygen atoms in total. The number of aromatic nitrogens is 2. The number of thiocarbonyl (C=S) groups is 1. The Kier molecular flexibility index (Phi) is 11.2. The molecule has 1 heterocycles. The highest BCUT2D eigenvalue weighted by molar-refractivity contribution is 7.80. The molecule has 1 aromatic heterocycles. The molecule has 0 radical (unpaired) electrons. The van der Waals surface area contributed by atoms with Crippen molar-refractivity contribution in [3.63, 3.8) is 0 Å². The summed E-state index contributed by atoms with van der Waals surface area (Å²) in [6.45, 7) is 7.58. The lowest BCUT2D eigenvalue weighted by Crippen LogP contribution is -2.49. The second kappa shape index (κ2) is 15.0. The van der Waals surface area contributed by atoms with Gasteiger partial charge in [-0.25, -0.2) is 4.98 Å². The van der Waals surface area contributed by atoms with Gasteiger partial charge in [-0.2, -0.15) is 5.26 Å². The first kappa shape index (κ1) is 32.0. The van der Waals surface area contributed by atoms with E-state index in [1.165, 1.54) is 0 Å². The lowest BCUT2D eigenvalue weighted by atomic mass is 10.0. The topological polar surface area (TPSA) is 86.0 Å². The first-order valence-corrected chi connectivity index (χ1v) is 15.1. The molecular weight excluding hydrogens is 599 g/mol. The molecule has 0 spiro atoms. The normalized spacial score (nSPS) is 11.6. The van der Waals surface area contributed by atoms with Gasteiger partial charge in [0.25, 0.3) is 0 Å². The van der Waals surface area contributed by atoms with E-state index in [4.69, 9.17) is 40.7 Å². The number of nitrogens with zero attached hydrogens (tertiary/aromatic N) is 4. The maximum atomic E-state index is 13.4. The van der Waals surface area contributed by atoms with Crippen LogP contribution < -0.4 is 10.6 Å². The lowest BCUT2D eigenvalue weighted by molar-refractivity contribution is -0.121. The number of carbonyl (C=O) groups excluding carboxylic acids is 1. The summed E-state index contributed by atoms with van der Waals surface area (Å²) in [4.78, 5) is 19.6. The molecule has 0 aliphatic carbocycles. The molecule has 3 aromatic carbocycles. The van der Waals surface area contributed by atoms with E-state index in [1.54, 1.807) is 30.7 Å². The summed E-state index contributed by atoms with van der Waals surface area (Å²) in [5.41, 5.74) is 5.25. The molecule has 0 aliphatic rings. The van der Waals surface area contributed by atoms with Crippen molar-refractivity contribution in [2.75, 3.05) is 11.9 Å². The van der Waals surface area contributed by atoms with Gasteiger partial charge < -0.3 is 20.1 Å². The van der Waals surface area contributed by atoms with Crippen molar-refractivity contribution in [3.8, 4) is 6.07 Å². The fourth-order valence-electron chi connectivity index (χ4n) is 4.62. The standard InChI is InChI=1S/C33H34Cl2N6OS/c1-22(2)30(39-31(42)15-28-17-37-21-41(28)18-25-12-10-24(16-36)11-13-25)20-40(19-26-7-5-9-29(34)32(26)35)33(43)38-27-8-4-6-23(3)14-27/h4-14,17,21-22,30H,15,18-20H2,1-3H3,(H,38,43)(H,39,42)/t30-/m1/s1. The summed E-state index contributed by atoms with van der Waals surface area (Å²) in [5, 5.41) is 17.1. The second-order valence-electron chi connectivity index (χ2n) is 10.8. The highest BCUT2D eigenvalue weighted by Crippen LogP contribution is 2.27. The molecule has 0 saturated carbocycles. The van der Waals surface area contributed by atoms with Crippen molar-refractivity contribution in [2.45, 2.75) is 46.3 Å². The molecule has 0 aliphatic heterocycles. The van der Waals surface area contributed by atoms with E-state index in [-0.39, 0.29) is 24.3 Å². The molecule has 43 heavy (non-hydrogen) atoms. The van der Waals surface area contributed by atoms with E-state index in [9.17, 15) is 4.79 Å². The maximum absolute atomic E-state index is 13.4. The average Bonchev–Trinajstić information content (AvgIpc) is 3.40. The van der Waals surface area contributed by atoms with Gasteiger partial charge in [-0.3, -0.25) is 4.79 Å². The Morgan fingerprint density at radius 1 is 1.12 bits per heavy atom. The highest BCUT2D eigenvalue weighted by atomic mass is 35.5. The number of aryl methyl sites for hydroxylation is 1. The Morgan fingerprint density at radius 2 is 1.86 bits per heavy atom. The predicted molar refractivity (Wildman–Crippen MR) is 177 cm³/mol. The SMILES string of the molecule is Cc1cccc(NC(=S)N(Cc2cccc(Cl)c2Cl)C[C@@H](NC(=O)Cc2cncn2Cc2ccc(C#N)cc2)C(C)C)c1. The molecule has 10 heteroatoms. The van der Waals surface area contributed by atoms with Crippen molar-refractivity contribution in [1.29, 1.82) is 5.26 Å². The number of nitriles is 1. The quantitative estimate of drug-likeness (QED) is 0.173. The summed E-state index contributed by atoms with van der Waals surface area (Å²) < 4.78 is 1.94. The van der Waals surface area contributed by atoms with Crippen molar-refractivity contribution in [1.82, 2.24) is 19.8 Å². The summed E-state index contributed by atoms with van der Waals surface area (Å²) in [6.07, 6.45) is 3.60. The minimum atomic E-state index is -0.211. The first-order valence-electron chi connectivity index (χ1n) is 14.0. The Morgan fingerprint density at radius 3 is 2.56 bits per heavy atom. The molecule has 1 amide bonds. The average molecular weight is 634 g/mol. The van der Waals surface area contributed by atoms with Gasteiger partial charge in [-0.05, 0) is 72.1 Å². The van der Waals surface area contributed by atoms with Gasteiger partial charge in [0.15, 0.2) is 5.11 Å². The van der Waals surface area contributed by atoms with Crippen LogP contribution in [0.1, 0.15) is 41.8 Å². The number of benzene rings is 3. The first-order chi connectivity index (χ1) is 20.6. The van der Waals surface area contributed by atoms with Crippen LogP contribution in [0.4, 0.5) is 5.69 Å². The van der Waals surface area contributed by atoms with Crippen LogP contribution in [0.2, 0.25) is 10.0 Å². The Bertz CT molecular complexity index is 1610. The zero-order valence-electron chi connectivity index (χ0n) is 24.3. The van der Waals surface area contributed by atoms with E-state index < -0.39 is 0 Å². The number of hydrogen-bond donors (Lipinski definition) is 2. The predicted octanol–water partition coefficient (Wildman–Crippen LogP) is 7.00. The minimum Gasteiger partial charge on any atom is -0.351 e. The van der Waals surface area contributed by atoms with Crippen LogP contribution in [-0.4, -0.2) is 38.1 Å². The highest BCUT2D eigenvalue weighted by Gasteiger charge is 2.23. The summed E-state index contributed by atoms with van der Waals surface area (Å²) in [5.74, 6) is 0.00481. The molecule has 4 rings (SSSR count). The molecule has 222 valence electrons. The van der Waals surface area contributed by atoms with Crippen LogP contribution >= 0.6 is 35.4 Å². The Labute approximate surface area is 268 Å². The van der Waals surface area contributed by atoms with Crippen LogP contribution in [0.5, 0.6) is 0 Å². The number of amides is 1. The molecule has 0 bridgehead atoms. The largest absolute Gasteiger partial charge is 0.351 e. The number of nitrogens with one attached hydrogen (secondary N) is 2. The molecule has 2 N–H and O–H groups in total. The van der Waals surface area contributed by atoms with Gasteiger partial charge in [0.05, 0.1) is 34.4 Å². The van der Waals surface area contributed by atoms with Gasteiger partial charge in [0.2, 0.25) is 5.91 Å². The molecular formula is C33H34Cl2N6OS. The minimum absolute atomic E-state index is 0.112. The fourth-order valence-corrected chi connectivity index (χ4v) is 5.26. The monoisotopic (exact) mass is 632 g/mol. The Hall–Kier alpha value is -3.90. The maximum Gasteiger partial charge on any atom is 0.226 e. The van der Waals surface area contributed by atoms with Crippen molar-refractivity contribution in [3.05, 3.63) is 117 Å². The third kappa shape index (κ3) is 9.04. The Balaban J connectivity index is 1.48. The van der Waals surface area contributed by atoms with E-state index in [2.05, 4.69) is 35.5 Å². The van der Waals surface area contributed by atoms with Gasteiger partial charge in [-0.1, -0.05) is 73.4 Å². The molecule has 4 aromatic rings. The molecule has 1 atom stereocenters. The van der Waals surface area contributed by atoms with Crippen LogP contribution in [0, 0.1) is 24.2 Å². The van der Waals surface area contributed by atoms with Crippen LogP contribution in [0.25, 0.3) is 0 Å². The lowest BCUT2D eigenvalue weighted by Gasteiger charge is -2.33. The van der Waals surface area contributed by atoms with E-state index >= 15 is 0 Å². The van der Waals surface area contributed by atoms with Crippen molar-refractivity contribution in [2.24, 2.45) is 5.92 Å². The van der Waals surface area contributed by atoms with Crippen LogP contribution in [0.15, 0.2) is 79.3 Å². The number of imidazole rings is 1. The molecule has 0 unspecified atom stereocenters. The van der Waals surface area contributed by atoms with Gasteiger partial charge in [0, 0.05) is 43.3 Å². The van der Waals surface area contributed by atoms with Crippen molar-refractivity contribution < 1.29 is 4.79 Å². The second-order valence-corrected chi connectivity index (χ2v) is 12.0. The smallest absolute Gasteiger partial charge is 0.226 e.